The van der Waals surface area contributed by atoms with Gasteiger partial charge in [0.25, 0.3) is 0 Å². The van der Waals surface area contributed by atoms with Gasteiger partial charge in [-0.3, -0.25) is 0 Å². The largest absolute Gasteiger partial charge is 0.304 e. The molecule has 0 N–H and O–H groups in total. The molecule has 1 radical (unpaired) electrons. The van der Waals surface area contributed by atoms with E-state index in [4.69, 9.17) is 4.98 Å². The van der Waals surface area contributed by atoms with Crippen LogP contribution >= 0.6 is 11.3 Å². The molecule has 5 heteroatoms. The van der Waals surface area contributed by atoms with E-state index < -0.39 is 13.3 Å². The number of benzene rings is 5. The van der Waals surface area contributed by atoms with Crippen molar-refractivity contribution in [3.8, 4) is 33.6 Å². The van der Waals surface area contributed by atoms with Gasteiger partial charge in [-0.25, -0.2) is 0 Å². The summed E-state index contributed by atoms with van der Waals surface area (Å²) in [5.74, 6) is 7.14. The van der Waals surface area contributed by atoms with Gasteiger partial charge in [-0.15, -0.1) is 17.7 Å². The molecule has 3 aromatic heterocycles. The summed E-state index contributed by atoms with van der Waals surface area (Å²) in [5, 5.41) is 4.94. The summed E-state index contributed by atoms with van der Waals surface area (Å²) in [5.41, 5.74) is 6.57. The fraction of sp³-hybridized carbons (Fsp3) is 0.0732. The standard InChI is InChI=1S/C27H16NS.C14H16GeN.Ir/c1-2-8-18(9-3-1)21-14-15-22(24-16-19-10-4-5-11-20(19)17-28-24)27-26(21)23-12-6-7-13-25(23)29-27;1-15(2,3)13-9-10-14(16-11-13)12-7-5-4-6-8-12;/h1-14,16-17H;4-7,9-11H,1-3H3;/q2*-1;. The molecule has 8 rings (SSSR count). The van der Waals surface area contributed by atoms with E-state index in [1.807, 2.05) is 48.0 Å². The Kier molecular flexibility index (Phi) is 9.63. The van der Waals surface area contributed by atoms with Crippen molar-refractivity contribution in [2.45, 2.75) is 17.3 Å². The number of aromatic nitrogens is 2. The maximum Gasteiger partial charge on any atom is 0.0239 e. The Bertz CT molecular complexity index is 2240. The van der Waals surface area contributed by atoms with E-state index in [9.17, 15) is 0 Å². The van der Waals surface area contributed by atoms with Crippen LogP contribution in [0.25, 0.3) is 64.6 Å². The van der Waals surface area contributed by atoms with Gasteiger partial charge in [-0.2, -0.15) is 11.3 Å². The first-order chi connectivity index (χ1) is 22.0. The second kappa shape index (κ2) is 13.8. The van der Waals surface area contributed by atoms with Crippen LogP contribution in [-0.4, -0.2) is 23.2 Å². The number of fused-ring (bicyclic) bond motifs is 4. The number of rotatable bonds is 4. The van der Waals surface area contributed by atoms with Gasteiger partial charge >= 0.3 is 99.8 Å². The Labute approximate surface area is 290 Å². The first-order valence-electron chi connectivity index (χ1n) is 15.2. The summed E-state index contributed by atoms with van der Waals surface area (Å²) in [6.07, 6.45) is 4.00. The maximum atomic E-state index is 4.78. The number of nitrogens with zero attached hydrogens (tertiary/aromatic N) is 2. The van der Waals surface area contributed by atoms with E-state index in [1.54, 1.807) is 0 Å². The number of pyridine rings is 2. The van der Waals surface area contributed by atoms with Crippen LogP contribution in [0.5, 0.6) is 0 Å². The monoisotopic (exact) mass is 851 g/mol. The van der Waals surface area contributed by atoms with Crippen LogP contribution < -0.4 is 4.40 Å². The van der Waals surface area contributed by atoms with Crippen LogP contribution in [0.1, 0.15) is 0 Å². The second-order valence-corrected chi connectivity index (χ2v) is 23.8. The second-order valence-electron chi connectivity index (χ2n) is 12.1. The summed E-state index contributed by atoms with van der Waals surface area (Å²) >= 11 is 0.110. The molecule has 3 heterocycles. The van der Waals surface area contributed by atoms with Gasteiger partial charge in [0.2, 0.25) is 0 Å². The molecule has 0 saturated heterocycles. The van der Waals surface area contributed by atoms with Crippen LogP contribution in [-0.2, 0) is 20.1 Å². The summed E-state index contributed by atoms with van der Waals surface area (Å²) in [7, 11) is 0. The van der Waals surface area contributed by atoms with Gasteiger partial charge in [0.1, 0.15) is 0 Å². The van der Waals surface area contributed by atoms with Gasteiger partial charge in [0, 0.05) is 31.0 Å². The van der Waals surface area contributed by atoms with Crippen molar-refractivity contribution in [2.75, 3.05) is 0 Å². The smallest absolute Gasteiger partial charge is 0.0239 e. The fourth-order valence-electron chi connectivity index (χ4n) is 5.58. The van der Waals surface area contributed by atoms with Crippen LogP contribution in [0.4, 0.5) is 0 Å². The van der Waals surface area contributed by atoms with Crippen molar-refractivity contribution < 1.29 is 20.1 Å². The fourth-order valence-corrected chi connectivity index (χ4v) is 8.98. The third-order valence-corrected chi connectivity index (χ3v) is 13.5. The average Bonchev–Trinajstić information content (AvgIpc) is 3.48. The molecule has 5 aromatic carbocycles. The van der Waals surface area contributed by atoms with Crippen LogP contribution in [0, 0.1) is 12.1 Å². The molecule has 0 unspecified atom stereocenters. The van der Waals surface area contributed by atoms with E-state index in [0.717, 1.165) is 27.9 Å². The predicted octanol–water partition coefficient (Wildman–Crippen LogP) is 10.8. The molecule has 8 aromatic rings. The first kappa shape index (κ1) is 32.0. The third kappa shape index (κ3) is 6.63. The van der Waals surface area contributed by atoms with Gasteiger partial charge in [0.15, 0.2) is 0 Å². The number of hydrogen-bond acceptors (Lipinski definition) is 3. The molecule has 0 fully saturated rings. The Morgan fingerprint density at radius 1 is 0.652 bits per heavy atom. The van der Waals surface area contributed by atoms with Gasteiger partial charge in [0.05, 0.1) is 0 Å². The van der Waals surface area contributed by atoms with E-state index in [2.05, 4.69) is 138 Å². The minimum Gasteiger partial charge on any atom is -0.304 e. The normalized spacial score (nSPS) is 11.2. The minimum atomic E-state index is -1.72. The van der Waals surface area contributed by atoms with Crippen LogP contribution in [0.3, 0.4) is 0 Å². The van der Waals surface area contributed by atoms with Gasteiger partial charge < -0.3 is 4.98 Å². The molecular weight excluding hydrogens is 817 g/mol. The Hall–Kier alpha value is -3.93. The molecule has 0 aliphatic rings. The minimum absolute atomic E-state index is 0. The summed E-state index contributed by atoms with van der Waals surface area (Å²) in [6, 6.07) is 51.0. The van der Waals surface area contributed by atoms with Crippen molar-refractivity contribution >= 4 is 59.9 Å². The van der Waals surface area contributed by atoms with Crippen molar-refractivity contribution in [3.05, 3.63) is 152 Å². The molecule has 0 amide bonds. The van der Waals surface area contributed by atoms with Crippen LogP contribution in [0.15, 0.2) is 140 Å². The Morgan fingerprint density at radius 2 is 1.37 bits per heavy atom. The predicted molar refractivity (Wildman–Crippen MR) is 196 cm³/mol. The average molecular weight is 850 g/mol. The molecule has 0 spiro atoms. The third-order valence-electron chi connectivity index (χ3n) is 8.04. The first-order valence-corrected chi connectivity index (χ1v) is 23.3. The zero-order chi connectivity index (χ0) is 30.8. The molecular formula is C41H32GeIrN2S-2. The molecule has 0 saturated carbocycles. The molecule has 0 bridgehead atoms. The SMILES string of the molecule is [CH3][Ge]([CH3])([CH3])[c]1ccc(-c2[c-]cccc2)nc1.[Ir].[c-]1cc(-c2ccccc2)c2c(sc3ccccc32)c1-c1cc2ccccc2cn1. The molecule has 0 aliphatic heterocycles. The van der Waals surface area contributed by atoms with Gasteiger partial charge in [-0.05, 0) is 32.6 Å². The van der Waals surface area contributed by atoms with E-state index in [1.165, 1.54) is 41.1 Å². The van der Waals surface area contributed by atoms with E-state index in [-0.39, 0.29) is 20.1 Å². The topological polar surface area (TPSA) is 25.8 Å². The van der Waals surface area contributed by atoms with Crippen molar-refractivity contribution in [3.63, 3.8) is 0 Å². The molecule has 46 heavy (non-hydrogen) atoms. The molecule has 2 nitrogen and oxygen atoms in total. The van der Waals surface area contributed by atoms with Crippen molar-refractivity contribution in [1.29, 1.82) is 0 Å². The van der Waals surface area contributed by atoms with Crippen molar-refractivity contribution in [2.24, 2.45) is 0 Å². The molecule has 0 atom stereocenters. The summed E-state index contributed by atoms with van der Waals surface area (Å²) < 4.78 is 3.98. The zero-order valence-corrected chi connectivity index (χ0v) is 31.2. The quantitative estimate of drug-likeness (QED) is 0.130. The number of thiophene rings is 1. The summed E-state index contributed by atoms with van der Waals surface area (Å²) in [4.78, 5) is 9.31. The van der Waals surface area contributed by atoms with Gasteiger partial charge in [-0.1, -0.05) is 95.4 Å². The molecule has 227 valence electrons. The van der Waals surface area contributed by atoms with E-state index in [0.29, 0.717) is 0 Å². The van der Waals surface area contributed by atoms with E-state index >= 15 is 0 Å². The number of hydrogen-bond donors (Lipinski definition) is 0. The van der Waals surface area contributed by atoms with Crippen molar-refractivity contribution in [1.82, 2.24) is 9.97 Å². The molecule has 0 aliphatic carbocycles. The Balaban J connectivity index is 0.000000187. The summed E-state index contributed by atoms with van der Waals surface area (Å²) in [6.45, 7) is 0. The van der Waals surface area contributed by atoms with Crippen LogP contribution in [0.2, 0.25) is 17.3 Å². The Morgan fingerprint density at radius 3 is 2.11 bits per heavy atom. The zero-order valence-electron chi connectivity index (χ0n) is 25.9. The maximum absolute atomic E-state index is 4.78.